The Morgan fingerprint density at radius 1 is 1.42 bits per heavy atom. The van der Waals surface area contributed by atoms with E-state index < -0.39 is 9.05 Å². The molecule has 4 nitrogen and oxygen atoms in total. The van der Waals surface area contributed by atoms with Crippen molar-refractivity contribution in [1.29, 1.82) is 0 Å². The summed E-state index contributed by atoms with van der Waals surface area (Å²) < 4.78 is 23.2. The molecule has 19 heavy (non-hydrogen) atoms. The molecule has 1 amide bonds. The number of likely N-dealkylation sites (tertiary alicyclic amines) is 1. The maximum atomic E-state index is 12.3. The summed E-state index contributed by atoms with van der Waals surface area (Å²) in [6, 6.07) is 4.31. The molecule has 1 fully saturated rings. The summed E-state index contributed by atoms with van der Waals surface area (Å²) in [5, 5.41) is 0. The molecule has 7 heteroatoms. The normalized spacial score (nSPS) is 19.7. The molecule has 1 saturated heterocycles. The summed E-state index contributed by atoms with van der Waals surface area (Å²) >= 11 is 3.20. The summed E-state index contributed by atoms with van der Waals surface area (Å²) in [6.07, 6.45) is 0.973. The topological polar surface area (TPSA) is 54.5 Å². The molecule has 1 unspecified atom stereocenters. The third-order valence-corrected chi connectivity index (χ3v) is 4.90. The standard InChI is InChI=1S/C12H13BrClNO3S/c1-8-2-3-15(7-8)12(16)9-4-10(13)6-11(5-9)19(14,17)18/h4-6,8H,2-3,7H2,1H3. The first-order valence-electron chi connectivity index (χ1n) is 5.82. The molecule has 0 bridgehead atoms. The van der Waals surface area contributed by atoms with E-state index in [9.17, 15) is 13.2 Å². The number of hydrogen-bond donors (Lipinski definition) is 0. The monoisotopic (exact) mass is 365 g/mol. The smallest absolute Gasteiger partial charge is 0.261 e. The van der Waals surface area contributed by atoms with Crippen LogP contribution in [0.5, 0.6) is 0 Å². The molecule has 2 rings (SSSR count). The van der Waals surface area contributed by atoms with E-state index >= 15 is 0 Å². The number of hydrogen-bond acceptors (Lipinski definition) is 3. The second-order valence-corrected chi connectivity index (χ2v) is 8.24. The summed E-state index contributed by atoms with van der Waals surface area (Å²) in [7, 11) is 1.47. The van der Waals surface area contributed by atoms with Crippen LogP contribution in [-0.2, 0) is 9.05 Å². The Hall–Kier alpha value is -0.590. The lowest BCUT2D eigenvalue weighted by Gasteiger charge is -2.16. The molecule has 0 aromatic heterocycles. The van der Waals surface area contributed by atoms with Crippen LogP contribution >= 0.6 is 26.6 Å². The zero-order chi connectivity index (χ0) is 14.2. The quantitative estimate of drug-likeness (QED) is 0.756. The number of carbonyl (C=O) groups is 1. The van der Waals surface area contributed by atoms with Gasteiger partial charge in [-0.3, -0.25) is 4.79 Å². The van der Waals surface area contributed by atoms with Crippen molar-refractivity contribution >= 4 is 41.6 Å². The van der Waals surface area contributed by atoms with Crippen molar-refractivity contribution in [3.05, 3.63) is 28.2 Å². The lowest BCUT2D eigenvalue weighted by Crippen LogP contribution is -2.28. The van der Waals surface area contributed by atoms with Gasteiger partial charge in [-0.25, -0.2) is 8.42 Å². The van der Waals surface area contributed by atoms with Gasteiger partial charge in [0.2, 0.25) is 0 Å². The molecule has 0 N–H and O–H groups in total. The van der Waals surface area contributed by atoms with Crippen molar-refractivity contribution in [3.63, 3.8) is 0 Å². The van der Waals surface area contributed by atoms with E-state index in [1.807, 2.05) is 0 Å². The fraction of sp³-hybridized carbons (Fsp3) is 0.417. The molecule has 1 aliphatic heterocycles. The average molecular weight is 367 g/mol. The Bertz CT molecular complexity index is 617. The number of amides is 1. The van der Waals surface area contributed by atoms with Crippen LogP contribution in [-0.4, -0.2) is 32.3 Å². The number of rotatable bonds is 2. The number of nitrogens with zero attached hydrogens (tertiary/aromatic N) is 1. The second kappa shape index (κ2) is 5.42. The fourth-order valence-corrected chi connectivity index (χ4v) is 3.58. The van der Waals surface area contributed by atoms with Gasteiger partial charge in [0.05, 0.1) is 4.90 Å². The lowest BCUT2D eigenvalue weighted by molar-refractivity contribution is 0.0788. The van der Waals surface area contributed by atoms with Gasteiger partial charge in [0.25, 0.3) is 15.0 Å². The third-order valence-electron chi connectivity index (χ3n) is 3.11. The van der Waals surface area contributed by atoms with E-state index in [0.717, 1.165) is 6.42 Å². The van der Waals surface area contributed by atoms with Crippen molar-refractivity contribution in [2.24, 2.45) is 5.92 Å². The van der Waals surface area contributed by atoms with Gasteiger partial charge in [-0.15, -0.1) is 0 Å². The van der Waals surface area contributed by atoms with Crippen molar-refractivity contribution in [2.75, 3.05) is 13.1 Å². The molecule has 0 radical (unpaired) electrons. The van der Waals surface area contributed by atoms with Crippen LogP contribution in [0.2, 0.25) is 0 Å². The highest BCUT2D eigenvalue weighted by molar-refractivity contribution is 9.10. The van der Waals surface area contributed by atoms with E-state index in [1.54, 1.807) is 11.0 Å². The maximum Gasteiger partial charge on any atom is 0.261 e. The van der Waals surface area contributed by atoms with E-state index in [0.29, 0.717) is 29.0 Å². The molecule has 1 atom stereocenters. The molecule has 1 aromatic carbocycles. The summed E-state index contributed by atoms with van der Waals surface area (Å²) in [5.41, 5.74) is 0.336. The Balaban J connectivity index is 2.35. The summed E-state index contributed by atoms with van der Waals surface area (Å²) in [4.78, 5) is 14.0. The zero-order valence-corrected chi connectivity index (χ0v) is 13.4. The number of halogens is 2. The van der Waals surface area contributed by atoms with Crippen LogP contribution in [0.15, 0.2) is 27.6 Å². The molecule has 1 heterocycles. The minimum absolute atomic E-state index is 0.0702. The second-order valence-electron chi connectivity index (χ2n) is 4.76. The van der Waals surface area contributed by atoms with Gasteiger partial charge in [-0.05, 0) is 30.5 Å². The molecule has 1 aromatic rings. The van der Waals surface area contributed by atoms with Gasteiger partial charge in [0.15, 0.2) is 0 Å². The average Bonchev–Trinajstić information content (AvgIpc) is 2.73. The van der Waals surface area contributed by atoms with Crippen LogP contribution in [0.1, 0.15) is 23.7 Å². The minimum Gasteiger partial charge on any atom is -0.338 e. The minimum atomic E-state index is -3.84. The third kappa shape index (κ3) is 3.49. The highest BCUT2D eigenvalue weighted by atomic mass is 79.9. The molecule has 0 aliphatic carbocycles. The molecular weight excluding hydrogens is 354 g/mol. The molecular formula is C12H13BrClNO3S. The van der Waals surface area contributed by atoms with E-state index in [1.165, 1.54) is 12.1 Å². The van der Waals surface area contributed by atoms with Crippen LogP contribution < -0.4 is 0 Å². The van der Waals surface area contributed by atoms with Gasteiger partial charge in [-0.1, -0.05) is 22.9 Å². The number of carbonyl (C=O) groups excluding carboxylic acids is 1. The predicted octanol–water partition coefficient (Wildman–Crippen LogP) is 2.86. The van der Waals surface area contributed by atoms with Crippen LogP contribution in [0.3, 0.4) is 0 Å². The molecule has 0 spiro atoms. The Labute approximate surface area is 125 Å². The summed E-state index contributed by atoms with van der Waals surface area (Å²) in [6.45, 7) is 3.49. The van der Waals surface area contributed by atoms with Crippen LogP contribution in [0, 0.1) is 5.92 Å². The van der Waals surface area contributed by atoms with Crippen molar-refractivity contribution in [3.8, 4) is 0 Å². The van der Waals surface area contributed by atoms with Gasteiger partial charge >= 0.3 is 0 Å². The SMILES string of the molecule is CC1CCN(C(=O)c2cc(Br)cc(S(=O)(=O)Cl)c2)C1. The van der Waals surface area contributed by atoms with Gasteiger partial charge in [0, 0.05) is 33.8 Å². The molecule has 104 valence electrons. The highest BCUT2D eigenvalue weighted by Crippen LogP contribution is 2.25. The zero-order valence-electron chi connectivity index (χ0n) is 10.3. The molecule has 0 saturated carbocycles. The number of benzene rings is 1. The van der Waals surface area contributed by atoms with Crippen LogP contribution in [0.4, 0.5) is 0 Å². The molecule has 1 aliphatic rings. The van der Waals surface area contributed by atoms with Crippen LogP contribution in [0.25, 0.3) is 0 Å². The van der Waals surface area contributed by atoms with Gasteiger partial charge < -0.3 is 4.90 Å². The van der Waals surface area contributed by atoms with E-state index in [-0.39, 0.29) is 10.8 Å². The maximum absolute atomic E-state index is 12.3. The fourth-order valence-electron chi connectivity index (χ4n) is 2.13. The van der Waals surface area contributed by atoms with Crippen molar-refractivity contribution < 1.29 is 13.2 Å². The van der Waals surface area contributed by atoms with Crippen molar-refractivity contribution in [2.45, 2.75) is 18.2 Å². The predicted molar refractivity (Wildman–Crippen MR) is 76.9 cm³/mol. The Kier molecular flexibility index (Phi) is 4.23. The Morgan fingerprint density at radius 2 is 2.11 bits per heavy atom. The first-order chi connectivity index (χ1) is 8.77. The lowest BCUT2D eigenvalue weighted by atomic mass is 10.2. The first-order valence-corrected chi connectivity index (χ1v) is 8.92. The van der Waals surface area contributed by atoms with E-state index in [4.69, 9.17) is 10.7 Å². The van der Waals surface area contributed by atoms with Gasteiger partial charge in [-0.2, -0.15) is 0 Å². The van der Waals surface area contributed by atoms with Crippen molar-refractivity contribution in [1.82, 2.24) is 4.90 Å². The van der Waals surface area contributed by atoms with E-state index in [2.05, 4.69) is 22.9 Å². The van der Waals surface area contributed by atoms with Gasteiger partial charge in [0.1, 0.15) is 0 Å². The largest absolute Gasteiger partial charge is 0.338 e. The summed E-state index contributed by atoms with van der Waals surface area (Å²) in [5.74, 6) is 0.319. The Morgan fingerprint density at radius 3 is 2.63 bits per heavy atom. The first kappa shape index (κ1) is 14.8. The highest BCUT2D eigenvalue weighted by Gasteiger charge is 2.25.